The molecule has 1 saturated carbocycles. The number of nitrogens with zero attached hydrogens (tertiary/aromatic N) is 9. The van der Waals surface area contributed by atoms with Crippen molar-refractivity contribution in [3.8, 4) is 16.2 Å². The minimum Gasteiger partial charge on any atom is -0.483 e. The number of aliphatic hydroxyl groups excluding tert-OH is 1. The van der Waals surface area contributed by atoms with Gasteiger partial charge in [0, 0.05) is 81.0 Å². The number of aryl methyl sites for hydroxylation is 2. The Morgan fingerprint density at radius 3 is 2.40 bits per heavy atom. The van der Waals surface area contributed by atoms with Gasteiger partial charge >= 0.3 is 0 Å². The minimum absolute atomic E-state index is 0.0220. The summed E-state index contributed by atoms with van der Waals surface area (Å²) in [5.74, 6) is -0.595. The highest BCUT2D eigenvalue weighted by Crippen LogP contribution is 2.35. The van der Waals surface area contributed by atoms with Crippen LogP contribution in [0.25, 0.3) is 21.5 Å². The Balaban J connectivity index is 0.770. The number of aromatic nitrogens is 5. The van der Waals surface area contributed by atoms with E-state index in [2.05, 4.69) is 30.5 Å². The lowest BCUT2D eigenvalue weighted by atomic mass is 10.0. The van der Waals surface area contributed by atoms with Crippen LogP contribution in [0.1, 0.15) is 102 Å². The summed E-state index contributed by atoms with van der Waals surface area (Å²) in [6.45, 7) is 10.9. The van der Waals surface area contributed by atoms with Gasteiger partial charge in [-0.2, -0.15) is 4.98 Å². The lowest BCUT2D eigenvalue weighted by Gasteiger charge is -2.36. The Bertz CT molecular complexity index is 3250. The van der Waals surface area contributed by atoms with Crippen LogP contribution in [-0.4, -0.2) is 131 Å². The fourth-order valence-electron chi connectivity index (χ4n) is 11.1. The molecule has 7 heterocycles. The van der Waals surface area contributed by atoms with Crippen molar-refractivity contribution in [3.05, 3.63) is 116 Å². The molecule has 4 amide bonds. The number of piperazine rings is 1. The number of hydrogen-bond donors (Lipinski definition) is 3. The quantitative estimate of drug-likeness (QED) is 0.101. The van der Waals surface area contributed by atoms with E-state index in [4.69, 9.17) is 9.72 Å². The first kappa shape index (κ1) is 50.9. The molecule has 6 aromatic rings. The molecule has 2 aromatic carbocycles. The van der Waals surface area contributed by atoms with E-state index in [0.29, 0.717) is 65.5 Å². The summed E-state index contributed by atoms with van der Waals surface area (Å²) in [5.41, 5.74) is 7.29. The molecule has 20 heteroatoms. The molecule has 0 unspecified atom stereocenters. The highest BCUT2D eigenvalue weighted by molar-refractivity contribution is 7.13. The van der Waals surface area contributed by atoms with E-state index in [1.54, 1.807) is 51.3 Å². The summed E-state index contributed by atoms with van der Waals surface area (Å²) in [6.07, 6.45) is 6.23. The minimum atomic E-state index is -0.967. The monoisotopic (exact) mass is 1040 g/mol. The molecule has 0 radical (unpaired) electrons. The Morgan fingerprint density at radius 1 is 0.933 bits per heavy atom. The highest BCUT2D eigenvalue weighted by Gasteiger charge is 2.46. The molecule has 19 nitrogen and oxygen atoms in total. The van der Waals surface area contributed by atoms with Gasteiger partial charge < -0.3 is 40.1 Å². The largest absolute Gasteiger partial charge is 0.483 e. The van der Waals surface area contributed by atoms with Gasteiger partial charge in [0.05, 0.1) is 39.6 Å². The van der Waals surface area contributed by atoms with E-state index in [9.17, 15) is 33.9 Å². The predicted octanol–water partition coefficient (Wildman–Crippen LogP) is 5.97. The maximum atomic E-state index is 14.3. The van der Waals surface area contributed by atoms with E-state index in [0.717, 1.165) is 53.1 Å². The molecular weight excluding hydrogens is 975 g/mol. The van der Waals surface area contributed by atoms with Crippen LogP contribution in [0.4, 0.5) is 17.5 Å². The number of fused-ring (bicyclic) bond motifs is 2. The molecule has 3 N–H and O–H groups in total. The van der Waals surface area contributed by atoms with Crippen LogP contribution < -0.4 is 25.8 Å². The third-order valence-corrected chi connectivity index (χ3v) is 16.0. The number of ether oxygens (including phenoxy) is 1. The number of anilines is 3. The normalized spacial score (nSPS) is 18.3. The topological polar surface area (TPSA) is 225 Å². The number of hydrogen-bond acceptors (Lipinski definition) is 15. The number of nitrogens with one attached hydrogen (secondary N) is 2. The number of carbonyl (C=O) groups excluding carboxylic acids is 5. The average molecular weight is 1040 g/mol. The van der Waals surface area contributed by atoms with Crippen molar-refractivity contribution in [2.24, 2.45) is 5.92 Å². The number of thiazole rings is 1. The van der Waals surface area contributed by atoms with Crippen molar-refractivity contribution < 1.29 is 33.8 Å². The van der Waals surface area contributed by atoms with Gasteiger partial charge in [-0.25, -0.2) is 15.0 Å². The van der Waals surface area contributed by atoms with Crippen molar-refractivity contribution in [2.45, 2.75) is 104 Å². The molecule has 3 fully saturated rings. The SMILES string of the molecule is CC(=O)c1c(C)c2cnc(Nc3ccc(N4CCN(C(=O)COc5cc(-c6scnc6C)ccc5CNC(=O)[C@@H]5C[C@@H](O)CN5C(=O)[C@H](C(C)C)N5Cc6ccccc6C5=O)CC4)cn3)nc2n(C2CCCC2)c1=O. The average Bonchev–Trinajstić information content (AvgIpc) is 4.25. The molecule has 0 spiro atoms. The van der Waals surface area contributed by atoms with Gasteiger partial charge in [0.15, 0.2) is 12.4 Å². The first-order valence-electron chi connectivity index (χ1n) is 25.6. The lowest BCUT2D eigenvalue weighted by Crippen LogP contribution is -2.55. The summed E-state index contributed by atoms with van der Waals surface area (Å²) in [5, 5.41) is 17.6. The smallest absolute Gasteiger partial charge is 0.263 e. The van der Waals surface area contributed by atoms with Gasteiger partial charge in [0.1, 0.15) is 29.3 Å². The van der Waals surface area contributed by atoms with Crippen LogP contribution in [0, 0.1) is 19.8 Å². The number of Topliss-reactive ketones (excluding diaryl/α,β-unsaturated/α-hetero) is 1. The Kier molecular flexibility index (Phi) is 14.5. The van der Waals surface area contributed by atoms with E-state index < -0.39 is 24.1 Å². The highest BCUT2D eigenvalue weighted by atomic mass is 32.1. The number of ketones is 1. The molecular formula is C55H61N11O8S. The first-order chi connectivity index (χ1) is 36.1. The van der Waals surface area contributed by atoms with Crippen molar-refractivity contribution in [1.29, 1.82) is 0 Å². The third kappa shape index (κ3) is 10.2. The molecule has 390 valence electrons. The number of amides is 4. The second-order valence-electron chi connectivity index (χ2n) is 20.3. The molecule has 4 aromatic heterocycles. The maximum absolute atomic E-state index is 14.3. The van der Waals surface area contributed by atoms with Crippen LogP contribution in [0.3, 0.4) is 0 Å². The van der Waals surface area contributed by atoms with E-state index in [1.807, 2.05) is 63.2 Å². The zero-order valence-electron chi connectivity index (χ0n) is 42.7. The summed E-state index contributed by atoms with van der Waals surface area (Å²) >= 11 is 1.48. The Labute approximate surface area is 438 Å². The number of pyridine rings is 2. The number of β-amino-alcohol motifs (C(OH)–C–C–N with tert-alkyl or cyclic N) is 1. The van der Waals surface area contributed by atoms with Crippen molar-refractivity contribution in [2.75, 3.05) is 49.5 Å². The molecule has 10 rings (SSSR count). The molecule has 3 aliphatic heterocycles. The van der Waals surface area contributed by atoms with E-state index in [1.165, 1.54) is 23.2 Å². The van der Waals surface area contributed by atoms with Gasteiger partial charge in [-0.3, -0.25) is 33.3 Å². The second kappa shape index (κ2) is 21.3. The van der Waals surface area contributed by atoms with Crippen molar-refractivity contribution in [1.82, 2.24) is 44.5 Å². The zero-order chi connectivity index (χ0) is 52.7. The van der Waals surface area contributed by atoms with Crippen LogP contribution in [0.15, 0.2) is 77.3 Å². The third-order valence-electron chi connectivity index (χ3n) is 15.0. The Morgan fingerprint density at radius 2 is 1.71 bits per heavy atom. The van der Waals surface area contributed by atoms with Gasteiger partial charge in [-0.1, -0.05) is 57.0 Å². The van der Waals surface area contributed by atoms with Crippen LogP contribution in [-0.2, 0) is 27.5 Å². The second-order valence-corrected chi connectivity index (χ2v) is 21.1. The number of aliphatic hydroxyl groups is 1. The van der Waals surface area contributed by atoms with Crippen LogP contribution in [0.5, 0.6) is 5.75 Å². The van der Waals surface area contributed by atoms with Gasteiger partial charge in [-0.05, 0) is 80.5 Å². The molecule has 4 aliphatic rings. The standard InChI is InChI=1S/C55H61N11O8S/c1-31(2)48(65-27-37-10-6-9-13-41(37)52(65)71)54(73)64-28-40(68)23-43(64)51(70)57-24-36-15-14-35(49-33(4)59-30-75-49)22-44(36)74-29-46(69)63-20-18-62(19-21-63)39-16-17-45(56-25-39)60-55-58-26-42-32(3)47(34(5)67)53(72)66(50(42)61-55)38-11-7-8-12-38/h6,9-10,13-17,22,25-26,30-31,38,40,43,48,68H,7-8,11-12,18-21,23-24,27-29H2,1-5H3,(H,57,70)(H,56,58,60,61)/t40-,43+,48+/m1/s1. The molecule has 3 atom stereocenters. The Hall–Kier alpha value is -7.58. The van der Waals surface area contributed by atoms with Gasteiger partial charge in [-0.15, -0.1) is 11.3 Å². The van der Waals surface area contributed by atoms with Gasteiger partial charge in [0.25, 0.3) is 17.4 Å². The zero-order valence-corrected chi connectivity index (χ0v) is 43.6. The lowest BCUT2D eigenvalue weighted by molar-refractivity contribution is -0.143. The van der Waals surface area contributed by atoms with Crippen molar-refractivity contribution in [3.63, 3.8) is 0 Å². The molecule has 0 bridgehead atoms. The number of carbonyl (C=O) groups is 5. The number of rotatable bonds is 15. The molecule has 2 saturated heterocycles. The predicted molar refractivity (Wildman–Crippen MR) is 283 cm³/mol. The molecule has 75 heavy (non-hydrogen) atoms. The fourth-order valence-corrected chi connectivity index (χ4v) is 11.9. The fraction of sp³-hybridized carbons (Fsp3) is 0.418. The van der Waals surface area contributed by atoms with E-state index >= 15 is 0 Å². The van der Waals surface area contributed by atoms with Crippen LogP contribution >= 0.6 is 11.3 Å². The van der Waals surface area contributed by atoms with Gasteiger partial charge in [0.2, 0.25) is 17.8 Å². The maximum Gasteiger partial charge on any atom is 0.263 e. The van der Waals surface area contributed by atoms with E-state index in [-0.39, 0.29) is 85.2 Å². The molecule has 1 aliphatic carbocycles. The number of likely N-dealkylation sites (tertiary alicyclic amines) is 1. The summed E-state index contributed by atoms with van der Waals surface area (Å²) in [4.78, 5) is 108. The van der Waals surface area contributed by atoms with Crippen molar-refractivity contribution >= 4 is 69.2 Å². The van der Waals surface area contributed by atoms with Crippen LogP contribution in [0.2, 0.25) is 0 Å². The summed E-state index contributed by atoms with van der Waals surface area (Å²) in [7, 11) is 0. The first-order valence-corrected chi connectivity index (χ1v) is 26.5. The summed E-state index contributed by atoms with van der Waals surface area (Å²) < 4.78 is 7.98. The summed E-state index contributed by atoms with van der Waals surface area (Å²) in [6, 6.07) is 14.8. The number of benzene rings is 2.